The molecule has 4 rings (SSSR count). The number of rotatable bonds is 4. The van der Waals surface area contributed by atoms with Gasteiger partial charge in [0.2, 0.25) is 0 Å². The number of nitrogens with one attached hydrogen (secondary N) is 2. The minimum absolute atomic E-state index is 0.0775. The van der Waals surface area contributed by atoms with Crippen molar-refractivity contribution in [2.24, 2.45) is 4.99 Å². The van der Waals surface area contributed by atoms with Crippen molar-refractivity contribution in [3.05, 3.63) is 54.1 Å². The summed E-state index contributed by atoms with van der Waals surface area (Å²) in [5, 5.41) is 6.45. The normalized spacial score (nSPS) is 16.6. The molecule has 2 aromatic carbocycles. The summed E-state index contributed by atoms with van der Waals surface area (Å²) in [7, 11) is 0. The lowest BCUT2D eigenvalue weighted by Gasteiger charge is -2.26. The number of carbonyl (C=O) groups excluding carboxylic acids is 1. The SMILES string of the molecule is O=C(c1ccc(Sc2ccc(NC3=NCCN3)cc2)cc1)N1CCOCC1. The maximum Gasteiger partial charge on any atom is 0.254 e. The first kappa shape index (κ1) is 17.9. The monoisotopic (exact) mass is 382 g/mol. The Morgan fingerprint density at radius 3 is 2.33 bits per heavy atom. The van der Waals surface area contributed by atoms with Crippen LogP contribution in [0.4, 0.5) is 5.69 Å². The highest BCUT2D eigenvalue weighted by atomic mass is 32.2. The Morgan fingerprint density at radius 1 is 1.04 bits per heavy atom. The first-order chi connectivity index (χ1) is 13.3. The van der Waals surface area contributed by atoms with E-state index >= 15 is 0 Å². The number of benzene rings is 2. The molecule has 27 heavy (non-hydrogen) atoms. The van der Waals surface area contributed by atoms with Crippen LogP contribution in [0.15, 0.2) is 63.3 Å². The Labute approximate surface area is 163 Å². The molecule has 2 aliphatic heterocycles. The Kier molecular flexibility index (Phi) is 5.60. The van der Waals surface area contributed by atoms with Gasteiger partial charge in [-0.2, -0.15) is 0 Å². The number of hydrogen-bond acceptors (Lipinski definition) is 6. The maximum absolute atomic E-state index is 12.5. The van der Waals surface area contributed by atoms with Gasteiger partial charge in [-0.25, -0.2) is 0 Å². The lowest BCUT2D eigenvalue weighted by atomic mass is 10.2. The zero-order chi connectivity index (χ0) is 18.5. The van der Waals surface area contributed by atoms with Crippen molar-refractivity contribution in [2.45, 2.75) is 9.79 Å². The number of nitrogens with zero attached hydrogens (tertiary/aromatic N) is 2. The van der Waals surface area contributed by atoms with Gasteiger partial charge in [-0.05, 0) is 48.5 Å². The van der Waals surface area contributed by atoms with Gasteiger partial charge < -0.3 is 20.3 Å². The lowest BCUT2D eigenvalue weighted by molar-refractivity contribution is 0.0303. The van der Waals surface area contributed by atoms with Crippen LogP contribution >= 0.6 is 11.8 Å². The van der Waals surface area contributed by atoms with E-state index in [4.69, 9.17) is 4.74 Å². The molecular weight excluding hydrogens is 360 g/mol. The average Bonchev–Trinajstić information content (AvgIpc) is 3.23. The number of amides is 1. The van der Waals surface area contributed by atoms with Gasteiger partial charge in [-0.3, -0.25) is 9.79 Å². The number of aliphatic imine (C=N–C) groups is 1. The third kappa shape index (κ3) is 4.61. The van der Waals surface area contributed by atoms with Crippen molar-refractivity contribution in [3.8, 4) is 0 Å². The van der Waals surface area contributed by atoms with Crippen LogP contribution in [0.25, 0.3) is 0 Å². The first-order valence-corrected chi connectivity index (χ1v) is 9.90. The maximum atomic E-state index is 12.5. The molecule has 0 saturated carbocycles. The predicted octanol–water partition coefficient (Wildman–Crippen LogP) is 2.68. The van der Waals surface area contributed by atoms with Gasteiger partial charge in [0.05, 0.1) is 19.8 Å². The summed E-state index contributed by atoms with van der Waals surface area (Å²) in [5.74, 6) is 0.907. The summed E-state index contributed by atoms with van der Waals surface area (Å²) >= 11 is 1.68. The number of morpholine rings is 1. The van der Waals surface area contributed by atoms with Crippen LogP contribution in [-0.4, -0.2) is 56.2 Å². The zero-order valence-corrected chi connectivity index (χ0v) is 15.8. The number of guanidine groups is 1. The van der Waals surface area contributed by atoms with Gasteiger partial charge in [0, 0.05) is 40.7 Å². The van der Waals surface area contributed by atoms with E-state index in [9.17, 15) is 4.79 Å². The summed E-state index contributed by atoms with van der Waals surface area (Å²) in [6, 6.07) is 16.1. The quantitative estimate of drug-likeness (QED) is 0.851. The van der Waals surface area contributed by atoms with Crippen LogP contribution < -0.4 is 10.6 Å². The molecule has 0 atom stereocenters. The Hall–Kier alpha value is -2.51. The minimum atomic E-state index is 0.0775. The number of ether oxygens (including phenoxy) is 1. The lowest BCUT2D eigenvalue weighted by Crippen LogP contribution is -2.40. The molecule has 2 aromatic rings. The molecule has 0 spiro atoms. The fraction of sp³-hybridized carbons (Fsp3) is 0.300. The molecule has 2 aliphatic rings. The smallest absolute Gasteiger partial charge is 0.254 e. The molecule has 0 unspecified atom stereocenters. The van der Waals surface area contributed by atoms with Gasteiger partial charge in [0.1, 0.15) is 0 Å². The summed E-state index contributed by atoms with van der Waals surface area (Å²) in [6.45, 7) is 4.28. The Bertz CT molecular complexity index is 815. The van der Waals surface area contributed by atoms with Gasteiger partial charge in [0.15, 0.2) is 5.96 Å². The van der Waals surface area contributed by atoms with E-state index in [0.29, 0.717) is 26.3 Å². The van der Waals surface area contributed by atoms with Crippen molar-refractivity contribution in [3.63, 3.8) is 0 Å². The summed E-state index contributed by atoms with van der Waals surface area (Å²) in [5.41, 5.74) is 1.74. The second kappa shape index (κ2) is 8.45. The van der Waals surface area contributed by atoms with E-state index in [2.05, 4.69) is 27.8 Å². The third-order valence-electron chi connectivity index (χ3n) is 4.43. The van der Waals surface area contributed by atoms with Crippen LogP contribution in [-0.2, 0) is 4.74 Å². The molecule has 1 fully saturated rings. The highest BCUT2D eigenvalue weighted by Crippen LogP contribution is 2.29. The molecule has 140 valence electrons. The second-order valence-corrected chi connectivity index (χ2v) is 7.48. The summed E-state index contributed by atoms with van der Waals surface area (Å²) in [4.78, 5) is 20.9. The van der Waals surface area contributed by atoms with Crippen molar-refractivity contribution >= 4 is 29.3 Å². The standard InChI is InChI=1S/C20H22N4O2S/c25-19(24-11-13-26-14-12-24)15-1-5-17(6-2-15)27-18-7-3-16(4-8-18)23-20-21-9-10-22-20/h1-8H,9-14H2,(H2,21,22,23). The van der Waals surface area contributed by atoms with Crippen molar-refractivity contribution in [1.29, 1.82) is 0 Å². The number of anilines is 1. The minimum Gasteiger partial charge on any atom is -0.378 e. The highest BCUT2D eigenvalue weighted by molar-refractivity contribution is 7.99. The van der Waals surface area contributed by atoms with Crippen LogP contribution in [0.3, 0.4) is 0 Å². The topological polar surface area (TPSA) is 66.0 Å². The van der Waals surface area contributed by atoms with Gasteiger partial charge in [0.25, 0.3) is 5.91 Å². The second-order valence-electron chi connectivity index (χ2n) is 6.34. The van der Waals surface area contributed by atoms with E-state index in [-0.39, 0.29) is 5.91 Å². The molecule has 1 amide bonds. The van der Waals surface area contributed by atoms with Crippen LogP contribution in [0, 0.1) is 0 Å². The molecule has 1 saturated heterocycles. The molecule has 0 bridgehead atoms. The van der Waals surface area contributed by atoms with Gasteiger partial charge >= 0.3 is 0 Å². The average molecular weight is 382 g/mol. The fourth-order valence-corrected chi connectivity index (χ4v) is 3.79. The number of carbonyl (C=O) groups is 1. The molecular formula is C20H22N4O2S. The fourth-order valence-electron chi connectivity index (χ4n) is 2.98. The van der Waals surface area contributed by atoms with Crippen LogP contribution in [0.5, 0.6) is 0 Å². The molecule has 0 radical (unpaired) electrons. The molecule has 0 aromatic heterocycles. The van der Waals surface area contributed by atoms with Gasteiger partial charge in [-0.1, -0.05) is 11.8 Å². The number of hydrogen-bond donors (Lipinski definition) is 2. The van der Waals surface area contributed by atoms with Crippen LogP contribution in [0.2, 0.25) is 0 Å². The van der Waals surface area contributed by atoms with E-state index in [1.165, 1.54) is 0 Å². The van der Waals surface area contributed by atoms with E-state index in [1.807, 2.05) is 41.3 Å². The summed E-state index contributed by atoms with van der Waals surface area (Å²) in [6.07, 6.45) is 0. The van der Waals surface area contributed by atoms with E-state index in [0.717, 1.165) is 40.1 Å². The van der Waals surface area contributed by atoms with Crippen molar-refractivity contribution in [2.75, 3.05) is 44.7 Å². The van der Waals surface area contributed by atoms with E-state index < -0.39 is 0 Å². The predicted molar refractivity (Wildman–Crippen MR) is 108 cm³/mol. The van der Waals surface area contributed by atoms with Crippen molar-refractivity contribution < 1.29 is 9.53 Å². The largest absolute Gasteiger partial charge is 0.378 e. The Morgan fingerprint density at radius 2 is 1.70 bits per heavy atom. The third-order valence-corrected chi connectivity index (χ3v) is 5.44. The molecule has 0 aliphatic carbocycles. The molecule has 7 heteroatoms. The van der Waals surface area contributed by atoms with Crippen LogP contribution in [0.1, 0.15) is 10.4 Å². The summed E-state index contributed by atoms with van der Waals surface area (Å²) < 4.78 is 5.30. The molecule has 2 heterocycles. The molecule has 6 nitrogen and oxygen atoms in total. The Balaban J connectivity index is 1.35. The van der Waals surface area contributed by atoms with Crippen molar-refractivity contribution in [1.82, 2.24) is 10.2 Å². The first-order valence-electron chi connectivity index (χ1n) is 9.08. The van der Waals surface area contributed by atoms with Gasteiger partial charge in [-0.15, -0.1) is 0 Å². The molecule has 2 N–H and O–H groups in total. The zero-order valence-electron chi connectivity index (χ0n) is 15.0. The van der Waals surface area contributed by atoms with E-state index in [1.54, 1.807) is 11.8 Å². The highest BCUT2D eigenvalue weighted by Gasteiger charge is 2.18.